The maximum absolute atomic E-state index is 13.5. The Morgan fingerprint density at radius 2 is 1.04 bits per heavy atom. The number of anilines is 2. The maximum atomic E-state index is 13.5. The lowest BCUT2D eigenvalue weighted by atomic mass is 9.82. The van der Waals surface area contributed by atoms with Gasteiger partial charge in [0.25, 0.3) is 75.3 Å². The molecule has 0 bridgehead atoms. The fraction of sp³-hybridized carbons (Fsp3) is 0.541. The third kappa shape index (κ3) is 28.1. The quantitative estimate of drug-likeness (QED) is 0.0138. The summed E-state index contributed by atoms with van der Waals surface area (Å²) in [4.78, 5) is 26.5. The Bertz CT molecular complexity index is 4140. The number of aryl methyl sites for hydroxylation is 1. The van der Waals surface area contributed by atoms with Gasteiger partial charge in [-0.25, -0.2) is 43.1 Å². The number of nitrogens with one attached hydrogen (secondary N) is 3. The minimum atomic E-state index is -7.48. The Balaban J connectivity index is 0.000000278. The zero-order chi connectivity index (χ0) is 79.8. The predicted molar refractivity (Wildman–Crippen MR) is 398 cm³/mol. The van der Waals surface area contributed by atoms with Crippen LogP contribution in [0.15, 0.2) is 142 Å². The van der Waals surface area contributed by atoms with Gasteiger partial charge in [-0.3, -0.25) is 9.59 Å². The predicted octanol–water partition coefficient (Wildman–Crippen LogP) is 10.2. The number of fused-ring (bicyclic) bond motifs is 1. The summed E-state index contributed by atoms with van der Waals surface area (Å²) in [6, 6.07) is 38.9. The zero-order valence-corrected chi connectivity index (χ0v) is 70.2. The van der Waals surface area contributed by atoms with E-state index >= 15 is 0 Å². The lowest BCUT2D eigenvalue weighted by Gasteiger charge is -2.32. The van der Waals surface area contributed by atoms with Gasteiger partial charge >= 0.3 is 23.3 Å². The van der Waals surface area contributed by atoms with Gasteiger partial charge in [0.1, 0.15) is 11.5 Å². The number of unbranched alkanes of at least 4 members (excludes halogenated alkanes) is 5. The van der Waals surface area contributed by atoms with Gasteiger partial charge in [-0.1, -0.05) is 149 Å². The molecule has 2 amide bonds. The summed E-state index contributed by atoms with van der Waals surface area (Å²) in [5, 5.41) is -5.61. The molecule has 3 aliphatic rings. The minimum absolute atomic E-state index is 0.0156. The maximum Gasteiger partial charge on any atom is 0.460 e. The Morgan fingerprint density at radius 1 is 0.575 bits per heavy atom. The second kappa shape index (κ2) is 41.4. The number of alkyl halides is 9. The summed E-state index contributed by atoms with van der Waals surface area (Å²) in [6.07, 6.45) is 12.5. The SMILES string of the molecule is CC(=O)NS(=O)(=O)c1ccc(N)cc1.CCC(C)(C)c1ccc([IH+])cc1.CCC(C)(C)c1ccc([IH+])cc1.CCCCCCCCC(=O)NS(=O)(=O)c1ccc(N2CCCC2)cc1.Cn1cc([S+]2CCCC2)c2ccccc21.O=S(=O)(CCC1CCCCC1)NS(=O)(=O)C(F)(F)C(F)(F)C(F)(F)C(F)(F)F. The summed E-state index contributed by atoms with van der Waals surface area (Å²) < 4.78 is 217. The molecule has 6 aromatic rings. The molecule has 594 valence electrons. The average molecular weight is 1820 g/mol. The normalized spacial score (nSPS) is 15.1. The number of hydrogen-bond donors (Lipinski definition) is 4. The molecule has 5 N–H and O–H groups in total. The number of nitrogens with two attached hydrogens (primary N) is 1. The first-order chi connectivity index (χ1) is 49.2. The molecule has 5 aromatic carbocycles. The first-order valence-corrected chi connectivity index (χ1v) is 45.2. The summed E-state index contributed by atoms with van der Waals surface area (Å²) >= 11 is 4.12. The van der Waals surface area contributed by atoms with Crippen LogP contribution >= 0.6 is 0 Å². The van der Waals surface area contributed by atoms with Gasteiger partial charge < -0.3 is 15.2 Å². The molecule has 0 unspecified atom stereocenters. The third-order valence-corrected chi connectivity index (χ3v) is 29.0. The van der Waals surface area contributed by atoms with E-state index in [2.05, 4.69) is 194 Å². The number of para-hydroxylation sites is 1. The van der Waals surface area contributed by atoms with Crippen LogP contribution < -0.4 is 69.4 Å². The first kappa shape index (κ1) is 93.5. The molecule has 2 aliphatic heterocycles. The van der Waals surface area contributed by atoms with Crippen molar-refractivity contribution >= 4 is 85.1 Å². The molecule has 3 heterocycles. The van der Waals surface area contributed by atoms with E-state index in [1.807, 2.05) is 16.9 Å². The molecule has 1 aromatic heterocycles. The van der Waals surface area contributed by atoms with Crippen molar-refractivity contribution in [2.24, 2.45) is 13.0 Å². The minimum Gasteiger partial charge on any atom is -0.399 e. The second-order valence-electron chi connectivity index (χ2n) is 27.6. The Labute approximate surface area is 651 Å². The molecule has 0 spiro atoms. The highest BCUT2D eigenvalue weighted by molar-refractivity contribution is 8.05. The van der Waals surface area contributed by atoms with Crippen LogP contribution in [0.5, 0.6) is 0 Å². The molecule has 106 heavy (non-hydrogen) atoms. The van der Waals surface area contributed by atoms with Crippen molar-refractivity contribution in [3.63, 3.8) is 0 Å². The Morgan fingerprint density at radius 3 is 1.51 bits per heavy atom. The summed E-state index contributed by atoms with van der Waals surface area (Å²) in [6.45, 7) is 19.0. The summed E-state index contributed by atoms with van der Waals surface area (Å²) in [7, 11) is -17.2. The van der Waals surface area contributed by atoms with Crippen molar-refractivity contribution in [2.45, 2.75) is 226 Å². The van der Waals surface area contributed by atoms with E-state index in [4.69, 9.17) is 5.73 Å². The molecule has 1 saturated carbocycles. The zero-order valence-electron chi connectivity index (χ0n) is 61.5. The van der Waals surface area contributed by atoms with Crippen molar-refractivity contribution in [3.05, 3.63) is 146 Å². The smallest absolute Gasteiger partial charge is 0.399 e. The first-order valence-electron chi connectivity index (χ1n) is 35.2. The van der Waals surface area contributed by atoms with Gasteiger partial charge in [0, 0.05) is 55.8 Å². The Kier molecular flexibility index (Phi) is 36.5. The molecule has 0 atom stereocenters. The van der Waals surface area contributed by atoms with E-state index in [0.29, 0.717) is 40.3 Å². The summed E-state index contributed by atoms with van der Waals surface area (Å²) in [5.41, 5.74) is 11.8. The van der Waals surface area contributed by atoms with E-state index in [1.54, 1.807) is 17.0 Å². The molecule has 32 heteroatoms. The van der Waals surface area contributed by atoms with Gasteiger partial charge in [-0.05, 0) is 164 Å². The van der Waals surface area contributed by atoms with Crippen molar-refractivity contribution in [2.75, 3.05) is 41.0 Å². The summed E-state index contributed by atoms with van der Waals surface area (Å²) in [5.74, 6) is -14.5. The van der Waals surface area contributed by atoms with Crippen LogP contribution in [0.25, 0.3) is 10.9 Å². The van der Waals surface area contributed by atoms with Crippen molar-refractivity contribution in [1.29, 1.82) is 0 Å². The van der Waals surface area contributed by atoms with Gasteiger partial charge in [-0.15, -0.1) is 4.13 Å². The van der Waals surface area contributed by atoms with E-state index in [9.17, 15) is 82.8 Å². The third-order valence-electron chi connectivity index (χ3n) is 18.5. The highest BCUT2D eigenvalue weighted by atomic mass is 127. The van der Waals surface area contributed by atoms with Crippen LogP contribution in [-0.2, 0) is 78.5 Å². The largest absolute Gasteiger partial charge is 0.460 e. The number of benzene rings is 5. The number of nitrogen functional groups attached to an aromatic ring is 1. The van der Waals surface area contributed by atoms with Gasteiger partial charge in [0.2, 0.25) is 21.8 Å². The van der Waals surface area contributed by atoms with E-state index in [1.165, 1.54) is 123 Å². The number of sulfonamides is 4. The lowest BCUT2D eigenvalue weighted by molar-refractivity contribution is -0.382. The van der Waals surface area contributed by atoms with Crippen LogP contribution in [0.3, 0.4) is 0 Å². The average Bonchev–Trinajstić information content (AvgIpc) is 0.781. The van der Waals surface area contributed by atoms with Crippen LogP contribution in [0.4, 0.5) is 50.9 Å². The van der Waals surface area contributed by atoms with E-state index in [-0.39, 0.29) is 32.7 Å². The number of amides is 2. The molecule has 16 nitrogen and oxygen atoms in total. The van der Waals surface area contributed by atoms with Crippen molar-refractivity contribution in [1.82, 2.24) is 18.1 Å². The number of carbonyl (C=O) groups excluding carboxylic acids is 2. The van der Waals surface area contributed by atoms with Gasteiger partial charge in [-0.2, -0.15) is 39.5 Å². The molecular weight excluding hydrogens is 1720 g/mol. The van der Waals surface area contributed by atoms with Gasteiger partial charge in [0.15, 0.2) is 12.0 Å². The standard InChI is InChI=1S/C19H30N2O3S.C13H16NS.C12H16F9NO4S2.2C11H16I.C8H10N2O3S/c1-2-3-4-5-6-7-10-19(22)20-25(23,24)18-13-11-17(12-14-18)21-15-8-9-16-21;1-14-10-13(15-8-4-5-9-15)11-6-2-3-7-12(11)14;13-9(14,11(17,18)19)10(15,16)12(20,21)28(25,26)22-27(23,24)7-6-8-4-2-1-3-5-8;2*1-4-11(2,3)9-5-7-10(12)8-6-9;1-6(11)10-14(12,13)8-4-2-7(9)3-5-8/h11-14H,2-10,15-16H2,1H3,(H,20,22);2-3,6-7,10H,4-5,8-9H2,1H3;8,22H,1-7H2;2*5-8,12H,4H2,1-3H3;2-5H,9H2,1H3,(H,10,11)/q;+1;;2*+1;. The molecule has 9 rings (SSSR count). The van der Waals surface area contributed by atoms with E-state index < -0.39 is 80.9 Å². The monoisotopic (exact) mass is 1820 g/mol. The van der Waals surface area contributed by atoms with Crippen LogP contribution in [0.2, 0.25) is 0 Å². The number of halogens is 11. The molecule has 3 fully saturated rings. The number of nitrogens with zero attached hydrogens (tertiary/aromatic N) is 2. The lowest BCUT2D eigenvalue weighted by Crippen LogP contribution is -3.34. The highest BCUT2D eigenvalue weighted by Gasteiger charge is 2.85. The highest BCUT2D eigenvalue weighted by Crippen LogP contribution is 2.54. The second-order valence-corrected chi connectivity index (χ2v) is 39.7. The number of hydrogen-bond acceptors (Lipinski definition) is 12. The Hall–Kier alpha value is -4.88. The van der Waals surface area contributed by atoms with Crippen molar-refractivity contribution < 1.29 is 128 Å². The molecular formula is C74H104F9I2N6O10S5+3. The van der Waals surface area contributed by atoms with Crippen LogP contribution in [-0.4, -0.2) is 104 Å². The topological polar surface area (TPSA) is 241 Å². The molecule has 2 saturated heterocycles. The molecule has 1 aliphatic carbocycles. The molecule has 0 radical (unpaired) electrons. The van der Waals surface area contributed by atoms with Crippen LogP contribution in [0.1, 0.15) is 189 Å². The number of rotatable bonds is 25. The number of aromatic nitrogens is 1. The van der Waals surface area contributed by atoms with Crippen molar-refractivity contribution in [3.8, 4) is 0 Å². The fourth-order valence-corrected chi connectivity index (χ4v) is 19.8. The van der Waals surface area contributed by atoms with Gasteiger partial charge in [0.05, 0.1) is 32.6 Å². The fourth-order valence-electron chi connectivity index (χ4n) is 11.3. The number of carbonyl (C=O) groups is 2. The van der Waals surface area contributed by atoms with E-state index in [0.717, 1.165) is 64.2 Å². The van der Waals surface area contributed by atoms with Crippen LogP contribution in [0, 0.1) is 13.1 Å².